The predicted octanol–water partition coefficient (Wildman–Crippen LogP) is 2.23. The Morgan fingerprint density at radius 1 is 1.44 bits per heavy atom. The monoisotopic (exact) mass is 282 g/mol. The van der Waals surface area contributed by atoms with Gasteiger partial charge in [0.15, 0.2) is 0 Å². The van der Waals surface area contributed by atoms with Crippen LogP contribution >= 0.6 is 15.9 Å². The number of nitrogens with zero attached hydrogens (tertiary/aromatic N) is 1. The standard InChI is InChI=1S/C11H11BrN2O2/c12-8-3-1-2-7(6-8)11-9(14-16)4-5-10(15)13-11/h1-3,6,11,16H,4-5H2,(H,13,15)/b14-9+. The minimum absolute atomic E-state index is 0.0163. The molecule has 0 saturated carbocycles. The van der Waals surface area contributed by atoms with Gasteiger partial charge in [-0.25, -0.2) is 0 Å². The highest BCUT2D eigenvalue weighted by atomic mass is 79.9. The molecule has 2 N–H and O–H groups in total. The smallest absolute Gasteiger partial charge is 0.221 e. The second-order valence-corrected chi connectivity index (χ2v) is 4.56. The van der Waals surface area contributed by atoms with Gasteiger partial charge in [0.2, 0.25) is 5.91 Å². The predicted molar refractivity (Wildman–Crippen MR) is 63.5 cm³/mol. The average molecular weight is 283 g/mol. The molecule has 84 valence electrons. The summed E-state index contributed by atoms with van der Waals surface area (Å²) < 4.78 is 0.933. The zero-order valence-corrected chi connectivity index (χ0v) is 10.1. The molecule has 0 spiro atoms. The lowest BCUT2D eigenvalue weighted by atomic mass is 9.95. The number of rotatable bonds is 1. The Hall–Kier alpha value is -1.36. The normalized spacial score (nSPS) is 23.2. The molecule has 1 amide bonds. The van der Waals surface area contributed by atoms with E-state index in [1.165, 1.54) is 0 Å². The molecular formula is C11H11BrN2O2. The lowest BCUT2D eigenvalue weighted by Gasteiger charge is -2.24. The Labute approximate surface area is 101 Å². The van der Waals surface area contributed by atoms with Gasteiger partial charge in [0, 0.05) is 17.3 Å². The van der Waals surface area contributed by atoms with Crippen molar-refractivity contribution < 1.29 is 10.0 Å². The van der Waals surface area contributed by atoms with E-state index in [0.29, 0.717) is 18.6 Å². The van der Waals surface area contributed by atoms with Gasteiger partial charge in [-0.2, -0.15) is 0 Å². The van der Waals surface area contributed by atoms with Gasteiger partial charge in [-0.15, -0.1) is 0 Å². The number of carbonyl (C=O) groups excluding carboxylic acids is 1. The third-order valence-electron chi connectivity index (χ3n) is 2.56. The fourth-order valence-corrected chi connectivity index (χ4v) is 2.19. The Bertz CT molecular complexity index is 445. The van der Waals surface area contributed by atoms with Crippen molar-refractivity contribution >= 4 is 27.5 Å². The number of carbonyl (C=O) groups is 1. The van der Waals surface area contributed by atoms with Crippen LogP contribution in [0.1, 0.15) is 24.4 Å². The molecule has 1 aliphatic rings. The number of benzene rings is 1. The number of nitrogens with one attached hydrogen (secondary N) is 1. The molecule has 1 unspecified atom stereocenters. The quantitative estimate of drug-likeness (QED) is 0.613. The van der Waals surface area contributed by atoms with Gasteiger partial charge < -0.3 is 10.5 Å². The molecular weight excluding hydrogens is 272 g/mol. The second-order valence-electron chi connectivity index (χ2n) is 3.65. The number of hydrogen-bond acceptors (Lipinski definition) is 3. The molecule has 0 aromatic heterocycles. The van der Waals surface area contributed by atoms with Gasteiger partial charge in [-0.3, -0.25) is 4.79 Å². The summed E-state index contributed by atoms with van der Waals surface area (Å²) in [7, 11) is 0. The van der Waals surface area contributed by atoms with Gasteiger partial charge in [-0.1, -0.05) is 33.2 Å². The van der Waals surface area contributed by atoms with Crippen LogP contribution in [0.5, 0.6) is 0 Å². The Balaban J connectivity index is 2.33. The molecule has 4 nitrogen and oxygen atoms in total. The van der Waals surface area contributed by atoms with E-state index in [0.717, 1.165) is 10.0 Å². The molecule has 2 rings (SSSR count). The topological polar surface area (TPSA) is 61.7 Å². The highest BCUT2D eigenvalue weighted by Crippen LogP contribution is 2.23. The van der Waals surface area contributed by atoms with Crippen molar-refractivity contribution in [1.29, 1.82) is 0 Å². The summed E-state index contributed by atoms with van der Waals surface area (Å²) in [6.07, 6.45) is 0.878. The molecule has 1 heterocycles. The van der Waals surface area contributed by atoms with Crippen LogP contribution in [0.25, 0.3) is 0 Å². The lowest BCUT2D eigenvalue weighted by Crippen LogP contribution is -2.38. The van der Waals surface area contributed by atoms with Gasteiger partial charge in [0.1, 0.15) is 0 Å². The molecule has 0 bridgehead atoms. The average Bonchev–Trinajstić information content (AvgIpc) is 2.29. The molecule has 1 aromatic rings. The molecule has 1 atom stereocenters. The summed E-state index contributed by atoms with van der Waals surface area (Å²) >= 11 is 3.37. The van der Waals surface area contributed by atoms with E-state index in [1.807, 2.05) is 24.3 Å². The number of amides is 1. The zero-order valence-electron chi connectivity index (χ0n) is 8.48. The maximum Gasteiger partial charge on any atom is 0.221 e. The van der Waals surface area contributed by atoms with E-state index in [1.54, 1.807) is 0 Å². The first-order valence-corrected chi connectivity index (χ1v) is 5.75. The minimum atomic E-state index is -0.316. The maximum atomic E-state index is 11.3. The van der Waals surface area contributed by atoms with Crippen LogP contribution in [0.3, 0.4) is 0 Å². The zero-order chi connectivity index (χ0) is 11.5. The number of oxime groups is 1. The van der Waals surface area contributed by atoms with E-state index in [2.05, 4.69) is 26.4 Å². The fourth-order valence-electron chi connectivity index (χ4n) is 1.77. The summed E-state index contributed by atoms with van der Waals surface area (Å²) in [6.45, 7) is 0. The highest BCUT2D eigenvalue weighted by molar-refractivity contribution is 9.10. The first-order valence-electron chi connectivity index (χ1n) is 4.96. The van der Waals surface area contributed by atoms with Gasteiger partial charge in [-0.05, 0) is 17.7 Å². The Kier molecular flexibility index (Phi) is 3.24. The molecule has 1 saturated heterocycles. The van der Waals surface area contributed by atoms with Crippen molar-refractivity contribution in [1.82, 2.24) is 5.32 Å². The number of hydrogen-bond donors (Lipinski definition) is 2. The van der Waals surface area contributed by atoms with Crippen molar-refractivity contribution in [2.75, 3.05) is 0 Å². The fraction of sp³-hybridized carbons (Fsp3) is 0.273. The molecule has 0 radical (unpaired) electrons. The minimum Gasteiger partial charge on any atom is -0.411 e. The second kappa shape index (κ2) is 4.65. The van der Waals surface area contributed by atoms with E-state index < -0.39 is 0 Å². The van der Waals surface area contributed by atoms with Crippen LogP contribution in [0.2, 0.25) is 0 Å². The van der Waals surface area contributed by atoms with E-state index >= 15 is 0 Å². The van der Waals surface area contributed by atoms with Crippen molar-refractivity contribution in [3.8, 4) is 0 Å². The highest BCUT2D eigenvalue weighted by Gasteiger charge is 2.26. The Morgan fingerprint density at radius 3 is 2.94 bits per heavy atom. The summed E-state index contributed by atoms with van der Waals surface area (Å²) in [5, 5.41) is 15.0. The third-order valence-corrected chi connectivity index (χ3v) is 3.05. The van der Waals surface area contributed by atoms with Crippen LogP contribution in [-0.4, -0.2) is 16.8 Å². The lowest BCUT2D eigenvalue weighted by molar-refractivity contribution is -0.121. The summed E-state index contributed by atoms with van der Waals surface area (Å²) in [5.74, 6) is -0.0163. The van der Waals surface area contributed by atoms with Crippen molar-refractivity contribution in [3.63, 3.8) is 0 Å². The van der Waals surface area contributed by atoms with Gasteiger partial charge >= 0.3 is 0 Å². The van der Waals surface area contributed by atoms with E-state index in [4.69, 9.17) is 5.21 Å². The van der Waals surface area contributed by atoms with Crippen LogP contribution in [-0.2, 0) is 4.79 Å². The first-order chi connectivity index (χ1) is 7.70. The van der Waals surface area contributed by atoms with Crippen LogP contribution in [0.4, 0.5) is 0 Å². The maximum absolute atomic E-state index is 11.3. The number of halogens is 1. The first kappa shape index (κ1) is 11.1. The van der Waals surface area contributed by atoms with Crippen molar-refractivity contribution in [3.05, 3.63) is 34.3 Å². The van der Waals surface area contributed by atoms with Gasteiger partial charge in [0.05, 0.1) is 11.8 Å². The van der Waals surface area contributed by atoms with Crippen LogP contribution in [0.15, 0.2) is 33.9 Å². The summed E-state index contributed by atoms with van der Waals surface area (Å²) in [4.78, 5) is 11.3. The largest absolute Gasteiger partial charge is 0.411 e. The van der Waals surface area contributed by atoms with Crippen LogP contribution in [0, 0.1) is 0 Å². The SMILES string of the molecule is O=C1CC/C(=N\O)C(c2cccc(Br)c2)N1. The van der Waals surface area contributed by atoms with E-state index in [9.17, 15) is 4.79 Å². The molecule has 0 aliphatic carbocycles. The Morgan fingerprint density at radius 2 is 2.25 bits per heavy atom. The van der Waals surface area contributed by atoms with Crippen molar-refractivity contribution in [2.45, 2.75) is 18.9 Å². The summed E-state index contributed by atoms with van der Waals surface area (Å²) in [6, 6.07) is 7.27. The van der Waals surface area contributed by atoms with Crippen molar-refractivity contribution in [2.24, 2.45) is 5.16 Å². The molecule has 1 fully saturated rings. The van der Waals surface area contributed by atoms with Crippen LogP contribution < -0.4 is 5.32 Å². The number of piperidine rings is 1. The molecule has 16 heavy (non-hydrogen) atoms. The third kappa shape index (κ3) is 2.24. The van der Waals surface area contributed by atoms with Gasteiger partial charge in [0.25, 0.3) is 0 Å². The molecule has 1 aromatic carbocycles. The molecule has 1 aliphatic heterocycles. The van der Waals surface area contributed by atoms with E-state index in [-0.39, 0.29) is 11.9 Å². The summed E-state index contributed by atoms with van der Waals surface area (Å²) in [5.41, 5.74) is 1.51. The molecule has 5 heteroatoms.